The molecule has 114 valence electrons. The zero-order chi connectivity index (χ0) is 15.9. The van der Waals surface area contributed by atoms with Crippen LogP contribution in [-0.2, 0) is 0 Å². The highest BCUT2D eigenvalue weighted by Crippen LogP contribution is 2.28. The summed E-state index contributed by atoms with van der Waals surface area (Å²) in [6, 6.07) is 12.9. The standard InChI is InChI=1S/C18H17BrO3/c1-3-22-17-10-8-13(11-18(17)21-2)7-9-16(20)14-5-4-6-15(19)12-14/h4-12H,3H2,1-2H3. The van der Waals surface area contributed by atoms with Crippen molar-refractivity contribution in [3.63, 3.8) is 0 Å². The smallest absolute Gasteiger partial charge is 0.185 e. The average molecular weight is 361 g/mol. The van der Waals surface area contributed by atoms with Crippen molar-refractivity contribution in [1.29, 1.82) is 0 Å². The molecule has 0 N–H and O–H groups in total. The normalized spacial score (nSPS) is 10.7. The Kier molecular flexibility index (Phi) is 5.78. The fourth-order valence-corrected chi connectivity index (χ4v) is 2.37. The number of ether oxygens (including phenoxy) is 2. The first kappa shape index (κ1) is 16.3. The van der Waals surface area contributed by atoms with E-state index in [0.717, 1.165) is 10.0 Å². The number of ketones is 1. The van der Waals surface area contributed by atoms with Gasteiger partial charge in [-0.3, -0.25) is 4.79 Å². The molecule has 0 aliphatic rings. The Morgan fingerprint density at radius 3 is 2.68 bits per heavy atom. The molecule has 0 spiro atoms. The van der Waals surface area contributed by atoms with Gasteiger partial charge >= 0.3 is 0 Å². The van der Waals surface area contributed by atoms with E-state index in [1.807, 2.05) is 37.3 Å². The second-order valence-corrected chi connectivity index (χ2v) is 5.47. The van der Waals surface area contributed by atoms with E-state index < -0.39 is 0 Å². The molecular formula is C18H17BrO3. The lowest BCUT2D eigenvalue weighted by molar-refractivity contribution is 0.104. The number of carbonyl (C=O) groups excluding carboxylic acids is 1. The van der Waals surface area contributed by atoms with Crippen LogP contribution < -0.4 is 9.47 Å². The van der Waals surface area contributed by atoms with E-state index in [1.54, 1.807) is 31.4 Å². The van der Waals surface area contributed by atoms with Crippen LogP contribution in [0.3, 0.4) is 0 Å². The van der Waals surface area contributed by atoms with Gasteiger partial charge in [-0.05, 0) is 42.8 Å². The van der Waals surface area contributed by atoms with E-state index in [-0.39, 0.29) is 5.78 Å². The maximum Gasteiger partial charge on any atom is 0.185 e. The number of methoxy groups -OCH3 is 1. The van der Waals surface area contributed by atoms with Gasteiger partial charge in [-0.1, -0.05) is 40.2 Å². The SMILES string of the molecule is CCOc1ccc(C=CC(=O)c2cccc(Br)c2)cc1OC. The first-order valence-electron chi connectivity index (χ1n) is 6.93. The zero-order valence-corrected chi connectivity index (χ0v) is 14.1. The van der Waals surface area contributed by atoms with Crippen LogP contribution >= 0.6 is 15.9 Å². The Labute approximate surface area is 138 Å². The molecule has 22 heavy (non-hydrogen) atoms. The molecule has 0 atom stereocenters. The van der Waals surface area contributed by atoms with Crippen molar-refractivity contribution in [2.45, 2.75) is 6.92 Å². The van der Waals surface area contributed by atoms with Crippen molar-refractivity contribution in [1.82, 2.24) is 0 Å². The molecule has 0 bridgehead atoms. The third-order valence-corrected chi connectivity index (χ3v) is 3.52. The van der Waals surface area contributed by atoms with Crippen molar-refractivity contribution in [2.75, 3.05) is 13.7 Å². The molecule has 3 nitrogen and oxygen atoms in total. The molecule has 0 fully saturated rings. The average Bonchev–Trinajstić information content (AvgIpc) is 2.53. The minimum absolute atomic E-state index is 0.0471. The third-order valence-electron chi connectivity index (χ3n) is 3.02. The fourth-order valence-electron chi connectivity index (χ4n) is 1.97. The van der Waals surface area contributed by atoms with Crippen LogP contribution in [0, 0.1) is 0 Å². The van der Waals surface area contributed by atoms with Gasteiger partial charge in [0.25, 0.3) is 0 Å². The van der Waals surface area contributed by atoms with E-state index in [0.29, 0.717) is 23.7 Å². The van der Waals surface area contributed by atoms with Gasteiger partial charge in [-0.25, -0.2) is 0 Å². The minimum Gasteiger partial charge on any atom is -0.493 e. The van der Waals surface area contributed by atoms with E-state index in [4.69, 9.17) is 9.47 Å². The Bertz CT molecular complexity index is 692. The van der Waals surface area contributed by atoms with Gasteiger partial charge in [0.2, 0.25) is 0 Å². The summed E-state index contributed by atoms with van der Waals surface area (Å²) in [7, 11) is 1.60. The zero-order valence-electron chi connectivity index (χ0n) is 12.5. The Balaban J connectivity index is 2.17. The Morgan fingerprint density at radius 2 is 2.00 bits per heavy atom. The second-order valence-electron chi connectivity index (χ2n) is 4.55. The summed E-state index contributed by atoms with van der Waals surface area (Å²) in [6.45, 7) is 2.50. The lowest BCUT2D eigenvalue weighted by atomic mass is 10.1. The molecular weight excluding hydrogens is 344 g/mol. The Morgan fingerprint density at radius 1 is 1.18 bits per heavy atom. The van der Waals surface area contributed by atoms with E-state index in [2.05, 4.69) is 15.9 Å². The number of hydrogen-bond donors (Lipinski definition) is 0. The van der Waals surface area contributed by atoms with E-state index in [9.17, 15) is 4.79 Å². The van der Waals surface area contributed by atoms with E-state index >= 15 is 0 Å². The highest BCUT2D eigenvalue weighted by Gasteiger charge is 2.05. The summed E-state index contributed by atoms with van der Waals surface area (Å²) in [4.78, 5) is 12.1. The molecule has 2 rings (SSSR count). The number of hydrogen-bond acceptors (Lipinski definition) is 3. The number of halogens is 1. The monoisotopic (exact) mass is 360 g/mol. The molecule has 0 aliphatic carbocycles. The third kappa shape index (κ3) is 4.21. The van der Waals surface area contributed by atoms with Crippen molar-refractivity contribution in [2.24, 2.45) is 0 Å². The van der Waals surface area contributed by atoms with Crippen molar-refractivity contribution in [3.05, 3.63) is 64.1 Å². The first-order chi connectivity index (χ1) is 10.6. The highest BCUT2D eigenvalue weighted by atomic mass is 79.9. The molecule has 0 heterocycles. The molecule has 0 unspecified atom stereocenters. The maximum atomic E-state index is 12.1. The van der Waals surface area contributed by atoms with Crippen molar-refractivity contribution in [3.8, 4) is 11.5 Å². The van der Waals surface area contributed by atoms with Crippen LogP contribution in [0.4, 0.5) is 0 Å². The van der Waals surface area contributed by atoms with Gasteiger partial charge in [0.15, 0.2) is 17.3 Å². The molecule has 4 heteroatoms. The predicted octanol–water partition coefficient (Wildman–Crippen LogP) is 4.75. The van der Waals surface area contributed by atoms with Crippen LogP contribution in [-0.4, -0.2) is 19.5 Å². The van der Waals surface area contributed by atoms with Crippen LogP contribution in [0.25, 0.3) is 6.08 Å². The lowest BCUT2D eigenvalue weighted by Gasteiger charge is -2.09. The molecule has 0 aliphatic heterocycles. The van der Waals surface area contributed by atoms with E-state index in [1.165, 1.54) is 0 Å². The van der Waals surface area contributed by atoms with Crippen LogP contribution in [0.5, 0.6) is 11.5 Å². The molecule has 2 aromatic carbocycles. The van der Waals surface area contributed by atoms with Gasteiger partial charge in [0.1, 0.15) is 0 Å². The Hall–Kier alpha value is -2.07. The largest absolute Gasteiger partial charge is 0.493 e. The summed E-state index contributed by atoms with van der Waals surface area (Å²) in [5.41, 5.74) is 1.52. The number of rotatable bonds is 6. The number of benzene rings is 2. The minimum atomic E-state index is -0.0471. The quantitative estimate of drug-likeness (QED) is 0.550. The molecule has 2 aromatic rings. The number of carbonyl (C=O) groups is 1. The molecule has 0 radical (unpaired) electrons. The van der Waals surface area contributed by atoms with Gasteiger partial charge in [0, 0.05) is 10.0 Å². The summed E-state index contributed by atoms with van der Waals surface area (Å²) >= 11 is 3.36. The molecule has 0 saturated heterocycles. The summed E-state index contributed by atoms with van der Waals surface area (Å²) in [5.74, 6) is 1.30. The van der Waals surface area contributed by atoms with Gasteiger partial charge in [-0.2, -0.15) is 0 Å². The van der Waals surface area contributed by atoms with Crippen LogP contribution in [0.15, 0.2) is 53.0 Å². The summed E-state index contributed by atoms with van der Waals surface area (Å²) in [5, 5.41) is 0. The van der Waals surface area contributed by atoms with Gasteiger partial charge in [-0.15, -0.1) is 0 Å². The van der Waals surface area contributed by atoms with Gasteiger partial charge < -0.3 is 9.47 Å². The fraction of sp³-hybridized carbons (Fsp3) is 0.167. The first-order valence-corrected chi connectivity index (χ1v) is 7.72. The predicted molar refractivity (Wildman–Crippen MR) is 91.7 cm³/mol. The van der Waals surface area contributed by atoms with Gasteiger partial charge in [0.05, 0.1) is 13.7 Å². The lowest BCUT2D eigenvalue weighted by Crippen LogP contribution is -1.96. The second kappa shape index (κ2) is 7.80. The maximum absolute atomic E-state index is 12.1. The highest BCUT2D eigenvalue weighted by molar-refractivity contribution is 9.10. The van der Waals surface area contributed by atoms with Crippen LogP contribution in [0.2, 0.25) is 0 Å². The topological polar surface area (TPSA) is 35.5 Å². The number of allylic oxidation sites excluding steroid dienone is 1. The summed E-state index contributed by atoms with van der Waals surface area (Å²) < 4.78 is 11.6. The van der Waals surface area contributed by atoms with Crippen molar-refractivity contribution < 1.29 is 14.3 Å². The summed E-state index contributed by atoms with van der Waals surface area (Å²) in [6.07, 6.45) is 3.32. The molecule has 0 saturated carbocycles. The molecule has 0 aromatic heterocycles. The molecule has 0 amide bonds. The van der Waals surface area contributed by atoms with Crippen molar-refractivity contribution >= 4 is 27.8 Å². The van der Waals surface area contributed by atoms with Crippen LogP contribution in [0.1, 0.15) is 22.8 Å².